The largest absolute Gasteiger partial charge is 0.417 e. The van der Waals surface area contributed by atoms with E-state index < -0.39 is 17.3 Å². The fourth-order valence-electron chi connectivity index (χ4n) is 2.25. The van der Waals surface area contributed by atoms with E-state index in [0.717, 1.165) is 6.07 Å². The molecule has 21 heavy (non-hydrogen) atoms. The summed E-state index contributed by atoms with van der Waals surface area (Å²) in [5, 5.41) is 7.85. The molecule has 0 aliphatic heterocycles. The highest BCUT2D eigenvalue weighted by Gasteiger charge is 2.35. The molecule has 2 aromatic rings. The lowest BCUT2D eigenvalue weighted by atomic mass is 10.0. The quantitative estimate of drug-likeness (QED) is 0.926. The summed E-state index contributed by atoms with van der Waals surface area (Å²) in [5.41, 5.74) is 4.41. The molecule has 114 valence electrons. The van der Waals surface area contributed by atoms with Crippen LogP contribution >= 0.6 is 0 Å². The van der Waals surface area contributed by atoms with Gasteiger partial charge in [-0.15, -0.1) is 10.2 Å². The lowest BCUT2D eigenvalue weighted by Gasteiger charge is -2.25. The number of nitrogens with zero attached hydrogens (tertiary/aromatic N) is 3. The molecule has 4 nitrogen and oxygen atoms in total. The van der Waals surface area contributed by atoms with Crippen LogP contribution in [0.2, 0.25) is 0 Å². The number of halogens is 3. The zero-order valence-electron chi connectivity index (χ0n) is 12.1. The predicted molar refractivity (Wildman–Crippen MR) is 73.3 cm³/mol. The first-order valence-electron chi connectivity index (χ1n) is 6.47. The molecule has 0 spiro atoms. The lowest BCUT2D eigenvalue weighted by Crippen LogP contribution is -2.26. The van der Waals surface area contributed by atoms with Crippen LogP contribution in [-0.4, -0.2) is 14.8 Å². The van der Waals surface area contributed by atoms with Gasteiger partial charge < -0.3 is 10.3 Å². The van der Waals surface area contributed by atoms with Crippen LogP contribution in [0.4, 0.5) is 13.2 Å². The van der Waals surface area contributed by atoms with Gasteiger partial charge in [0.1, 0.15) is 5.82 Å². The average molecular weight is 298 g/mol. The maximum atomic E-state index is 13.2. The summed E-state index contributed by atoms with van der Waals surface area (Å²) in [6, 6.07) is 5.34. The molecule has 0 bridgehead atoms. The van der Waals surface area contributed by atoms with E-state index in [1.54, 1.807) is 10.6 Å². The van der Waals surface area contributed by atoms with Crippen molar-refractivity contribution >= 4 is 0 Å². The Morgan fingerprint density at radius 3 is 2.24 bits per heavy atom. The van der Waals surface area contributed by atoms with Crippen molar-refractivity contribution in [3.8, 4) is 11.4 Å². The van der Waals surface area contributed by atoms with Gasteiger partial charge in [0.25, 0.3) is 0 Å². The Balaban J connectivity index is 2.73. The molecule has 0 aliphatic rings. The predicted octanol–water partition coefficient (Wildman–Crippen LogP) is 3.18. The number of rotatable bonds is 2. The van der Waals surface area contributed by atoms with Crippen molar-refractivity contribution in [1.29, 1.82) is 0 Å². The van der Waals surface area contributed by atoms with Crippen LogP contribution in [-0.2, 0) is 18.3 Å². The summed E-state index contributed by atoms with van der Waals surface area (Å²) in [7, 11) is 0. The van der Waals surface area contributed by atoms with Crippen molar-refractivity contribution in [2.45, 2.75) is 39.0 Å². The Morgan fingerprint density at radius 2 is 1.71 bits per heavy atom. The monoisotopic (exact) mass is 298 g/mol. The van der Waals surface area contributed by atoms with Crippen molar-refractivity contribution in [1.82, 2.24) is 14.8 Å². The van der Waals surface area contributed by atoms with E-state index in [1.807, 2.05) is 20.8 Å². The highest BCUT2D eigenvalue weighted by Crippen LogP contribution is 2.37. The zero-order chi connectivity index (χ0) is 15.8. The molecule has 7 heteroatoms. The van der Waals surface area contributed by atoms with Gasteiger partial charge in [0.2, 0.25) is 0 Å². The zero-order valence-corrected chi connectivity index (χ0v) is 12.1. The number of nitrogens with two attached hydrogens (primary N) is 1. The molecule has 1 aromatic heterocycles. The van der Waals surface area contributed by atoms with E-state index in [2.05, 4.69) is 10.2 Å². The molecule has 2 N–H and O–H groups in total. The molecule has 1 heterocycles. The molecule has 1 aromatic carbocycles. The van der Waals surface area contributed by atoms with Crippen LogP contribution in [0.3, 0.4) is 0 Å². The Labute approximate surface area is 120 Å². The third-order valence-electron chi connectivity index (χ3n) is 3.06. The van der Waals surface area contributed by atoms with Crippen LogP contribution in [0.25, 0.3) is 11.4 Å². The molecule has 0 amide bonds. The highest BCUT2D eigenvalue weighted by atomic mass is 19.4. The number of aromatic nitrogens is 3. The summed E-state index contributed by atoms with van der Waals surface area (Å²) < 4.78 is 41.2. The molecule has 2 rings (SSSR count). The molecular weight excluding hydrogens is 281 g/mol. The van der Waals surface area contributed by atoms with Gasteiger partial charge in [-0.05, 0) is 26.8 Å². The summed E-state index contributed by atoms with van der Waals surface area (Å²) in [6.45, 7) is 5.72. The second kappa shape index (κ2) is 5.14. The minimum Gasteiger partial charge on any atom is -0.324 e. The fourth-order valence-corrected chi connectivity index (χ4v) is 2.25. The Kier molecular flexibility index (Phi) is 3.79. The van der Waals surface area contributed by atoms with Gasteiger partial charge in [0.15, 0.2) is 5.82 Å². The number of hydrogen-bond donors (Lipinski definition) is 1. The molecule has 0 unspecified atom stereocenters. The third kappa shape index (κ3) is 2.92. The van der Waals surface area contributed by atoms with E-state index in [9.17, 15) is 13.2 Å². The minimum atomic E-state index is -4.45. The van der Waals surface area contributed by atoms with E-state index in [0.29, 0.717) is 5.82 Å². The van der Waals surface area contributed by atoms with Gasteiger partial charge in [0, 0.05) is 11.1 Å². The normalized spacial score (nSPS) is 12.7. The maximum absolute atomic E-state index is 13.2. The Bertz CT molecular complexity index is 638. The van der Waals surface area contributed by atoms with Gasteiger partial charge in [-0.25, -0.2) is 0 Å². The van der Waals surface area contributed by atoms with Gasteiger partial charge in [-0.3, -0.25) is 0 Å². The summed E-state index contributed by atoms with van der Waals surface area (Å²) in [6.07, 6.45) is -4.45. The van der Waals surface area contributed by atoms with Crippen LogP contribution in [0.15, 0.2) is 24.3 Å². The van der Waals surface area contributed by atoms with E-state index in [-0.39, 0.29) is 17.9 Å². The number of alkyl halides is 3. The molecular formula is C14H17F3N4. The number of benzene rings is 1. The van der Waals surface area contributed by atoms with Crippen molar-refractivity contribution < 1.29 is 13.2 Å². The smallest absolute Gasteiger partial charge is 0.324 e. The molecule has 0 fully saturated rings. The Morgan fingerprint density at radius 1 is 1.10 bits per heavy atom. The third-order valence-corrected chi connectivity index (χ3v) is 3.06. The van der Waals surface area contributed by atoms with Crippen molar-refractivity contribution in [3.05, 3.63) is 35.7 Å². The van der Waals surface area contributed by atoms with Gasteiger partial charge in [-0.1, -0.05) is 18.2 Å². The number of hydrogen-bond acceptors (Lipinski definition) is 3. The van der Waals surface area contributed by atoms with Crippen LogP contribution in [0.1, 0.15) is 32.2 Å². The topological polar surface area (TPSA) is 56.7 Å². The average Bonchev–Trinajstić information content (AvgIpc) is 2.81. The maximum Gasteiger partial charge on any atom is 0.417 e. The first kappa shape index (κ1) is 15.5. The lowest BCUT2D eigenvalue weighted by molar-refractivity contribution is -0.137. The second-order valence-corrected chi connectivity index (χ2v) is 5.69. The summed E-state index contributed by atoms with van der Waals surface area (Å²) in [5.74, 6) is 0.630. The van der Waals surface area contributed by atoms with E-state index in [1.165, 1.54) is 12.1 Å². The van der Waals surface area contributed by atoms with Crippen LogP contribution in [0.5, 0.6) is 0 Å². The fraction of sp³-hybridized carbons (Fsp3) is 0.429. The van der Waals surface area contributed by atoms with Gasteiger partial charge in [-0.2, -0.15) is 13.2 Å². The second-order valence-electron chi connectivity index (χ2n) is 5.69. The van der Waals surface area contributed by atoms with Crippen molar-refractivity contribution in [3.63, 3.8) is 0 Å². The summed E-state index contributed by atoms with van der Waals surface area (Å²) >= 11 is 0. The SMILES string of the molecule is CC(C)(C)n1c(CN)nnc1-c1ccccc1C(F)(F)F. The molecule has 0 saturated heterocycles. The van der Waals surface area contributed by atoms with Crippen molar-refractivity contribution in [2.24, 2.45) is 5.73 Å². The molecule has 0 aliphatic carbocycles. The molecule has 0 radical (unpaired) electrons. The highest BCUT2D eigenvalue weighted by molar-refractivity contribution is 5.62. The first-order valence-corrected chi connectivity index (χ1v) is 6.47. The Hall–Kier alpha value is -1.89. The molecule has 0 saturated carbocycles. The van der Waals surface area contributed by atoms with Crippen molar-refractivity contribution in [2.75, 3.05) is 0 Å². The summed E-state index contributed by atoms with van der Waals surface area (Å²) in [4.78, 5) is 0. The van der Waals surface area contributed by atoms with E-state index in [4.69, 9.17) is 5.73 Å². The van der Waals surface area contributed by atoms with Crippen LogP contribution in [0, 0.1) is 0 Å². The van der Waals surface area contributed by atoms with Gasteiger partial charge >= 0.3 is 6.18 Å². The minimum absolute atomic E-state index is 0.00660. The van der Waals surface area contributed by atoms with Gasteiger partial charge in [0.05, 0.1) is 12.1 Å². The standard InChI is InChI=1S/C14H17F3N4/c1-13(2,3)21-11(8-18)19-20-12(21)9-6-4-5-7-10(9)14(15,16)17/h4-7H,8,18H2,1-3H3. The van der Waals surface area contributed by atoms with Crippen LogP contribution < -0.4 is 5.73 Å². The molecule has 0 atom stereocenters. The first-order chi connectivity index (χ1) is 9.66. The van der Waals surface area contributed by atoms with E-state index >= 15 is 0 Å².